The summed E-state index contributed by atoms with van der Waals surface area (Å²) in [5.41, 5.74) is 3.33. The Balaban J connectivity index is 1.48. The van der Waals surface area contributed by atoms with E-state index in [1.54, 1.807) is 36.0 Å². The van der Waals surface area contributed by atoms with Crippen molar-refractivity contribution in [2.75, 3.05) is 0 Å². The van der Waals surface area contributed by atoms with Crippen molar-refractivity contribution in [1.82, 2.24) is 25.2 Å². The molecule has 0 aliphatic rings. The van der Waals surface area contributed by atoms with Gasteiger partial charge in [0.05, 0.1) is 11.2 Å². The van der Waals surface area contributed by atoms with Gasteiger partial charge in [0.15, 0.2) is 11.6 Å². The van der Waals surface area contributed by atoms with Gasteiger partial charge in [-0.05, 0) is 70.6 Å². The number of aryl methyl sites for hydroxylation is 1. The van der Waals surface area contributed by atoms with E-state index in [-0.39, 0.29) is 11.5 Å². The lowest BCUT2D eigenvalue weighted by molar-refractivity contribution is 0.475. The average molecular weight is 425 g/mol. The third kappa shape index (κ3) is 3.77. The lowest BCUT2D eigenvalue weighted by Crippen LogP contribution is -1.93. The molecule has 0 aliphatic heterocycles. The predicted molar refractivity (Wildman–Crippen MR) is 121 cm³/mol. The highest BCUT2D eigenvalue weighted by Crippen LogP contribution is 2.41. The molecule has 0 aliphatic carbocycles. The number of hydrogen-bond acceptors (Lipinski definition) is 6. The number of aromatic nitrogens is 5. The first-order valence-corrected chi connectivity index (χ1v) is 9.89. The topological polar surface area (TPSA) is 109 Å². The van der Waals surface area contributed by atoms with Gasteiger partial charge in [-0.15, -0.1) is 5.10 Å². The number of phenols is 2. The fraction of sp³-hybridized carbons (Fsp3) is 0.0417. The number of ether oxygens (including phenoxy) is 1. The molecule has 3 aromatic carbocycles. The fourth-order valence-corrected chi connectivity index (χ4v) is 3.41. The lowest BCUT2D eigenvalue weighted by Gasteiger charge is -2.09. The normalized spacial score (nSPS) is 11.4. The van der Waals surface area contributed by atoms with Crippen LogP contribution in [0.15, 0.2) is 66.7 Å². The van der Waals surface area contributed by atoms with E-state index >= 15 is 0 Å². The van der Waals surface area contributed by atoms with Crippen LogP contribution in [0, 0.1) is 0 Å². The highest BCUT2D eigenvalue weighted by molar-refractivity contribution is 5.95. The fourth-order valence-electron chi connectivity index (χ4n) is 3.41. The molecule has 158 valence electrons. The van der Waals surface area contributed by atoms with Crippen LogP contribution in [0.1, 0.15) is 11.4 Å². The Labute approximate surface area is 183 Å². The monoisotopic (exact) mass is 425 g/mol. The standard InChI is InChI=1S/C24H19N5O3/c1-29-22(26-27-28-29)13-4-15-2-10-19(11-3-15)32-24-20-12-9-18(31)14-21(20)25-23(24)16-5-7-17(30)8-6-16/h2-14,25,30-31H,1H3/b13-4+. The summed E-state index contributed by atoms with van der Waals surface area (Å²) in [5, 5.41) is 31.7. The third-order valence-electron chi connectivity index (χ3n) is 5.07. The van der Waals surface area contributed by atoms with Gasteiger partial charge in [-0.2, -0.15) is 0 Å². The van der Waals surface area contributed by atoms with Gasteiger partial charge < -0.3 is 19.9 Å². The molecular weight excluding hydrogens is 406 g/mol. The summed E-state index contributed by atoms with van der Waals surface area (Å²) in [6, 6.07) is 19.6. The molecule has 2 aromatic heterocycles. The number of H-pyrrole nitrogens is 1. The molecule has 32 heavy (non-hydrogen) atoms. The molecule has 0 spiro atoms. The largest absolute Gasteiger partial charge is 0.508 e. The van der Waals surface area contributed by atoms with Crippen LogP contribution in [0.25, 0.3) is 34.3 Å². The Hall–Kier alpha value is -4.59. The molecule has 0 bridgehead atoms. The van der Waals surface area contributed by atoms with E-state index in [0.717, 1.165) is 27.7 Å². The molecule has 5 aromatic rings. The van der Waals surface area contributed by atoms with Crippen LogP contribution in [0.2, 0.25) is 0 Å². The van der Waals surface area contributed by atoms with Gasteiger partial charge >= 0.3 is 0 Å². The van der Waals surface area contributed by atoms with Gasteiger partial charge in [0, 0.05) is 24.1 Å². The van der Waals surface area contributed by atoms with Gasteiger partial charge in [0.1, 0.15) is 17.2 Å². The minimum absolute atomic E-state index is 0.164. The zero-order chi connectivity index (χ0) is 22.1. The van der Waals surface area contributed by atoms with E-state index in [1.807, 2.05) is 54.6 Å². The average Bonchev–Trinajstić information content (AvgIpc) is 3.36. The highest BCUT2D eigenvalue weighted by atomic mass is 16.5. The van der Waals surface area contributed by atoms with Gasteiger partial charge in [-0.3, -0.25) is 0 Å². The number of nitrogens with one attached hydrogen (secondary N) is 1. The second kappa shape index (κ2) is 7.92. The summed E-state index contributed by atoms with van der Waals surface area (Å²) in [6.07, 6.45) is 3.76. The summed E-state index contributed by atoms with van der Waals surface area (Å²) in [7, 11) is 1.78. The van der Waals surface area contributed by atoms with E-state index < -0.39 is 0 Å². The quantitative estimate of drug-likeness (QED) is 0.376. The van der Waals surface area contributed by atoms with Crippen LogP contribution >= 0.6 is 0 Å². The molecule has 2 heterocycles. The number of phenolic OH excluding ortho intramolecular Hbond substituents is 2. The SMILES string of the molecule is Cn1nnnc1/C=C/c1ccc(Oc2c(-c3ccc(O)cc3)[nH]c3cc(O)ccc23)cc1. The van der Waals surface area contributed by atoms with E-state index in [2.05, 4.69) is 20.5 Å². The molecule has 0 amide bonds. The molecule has 0 unspecified atom stereocenters. The molecule has 0 fully saturated rings. The van der Waals surface area contributed by atoms with Crippen LogP contribution in [0.3, 0.4) is 0 Å². The number of rotatable bonds is 5. The molecule has 8 heteroatoms. The maximum Gasteiger partial charge on any atom is 0.174 e. The summed E-state index contributed by atoms with van der Waals surface area (Å²) in [4.78, 5) is 3.31. The minimum Gasteiger partial charge on any atom is -0.508 e. The van der Waals surface area contributed by atoms with Gasteiger partial charge in [-0.1, -0.05) is 18.2 Å². The van der Waals surface area contributed by atoms with Crippen molar-refractivity contribution in [2.45, 2.75) is 0 Å². The minimum atomic E-state index is 0.164. The lowest BCUT2D eigenvalue weighted by atomic mass is 10.1. The van der Waals surface area contributed by atoms with Crippen molar-refractivity contribution >= 4 is 23.1 Å². The Morgan fingerprint density at radius 3 is 2.38 bits per heavy atom. The number of fused-ring (bicyclic) bond motifs is 1. The van der Waals surface area contributed by atoms with Crippen LogP contribution in [-0.4, -0.2) is 35.4 Å². The first-order chi connectivity index (χ1) is 15.6. The Morgan fingerprint density at radius 2 is 1.66 bits per heavy atom. The van der Waals surface area contributed by atoms with Crippen LogP contribution < -0.4 is 4.74 Å². The first-order valence-electron chi connectivity index (χ1n) is 9.89. The van der Waals surface area contributed by atoms with Gasteiger partial charge in [0.2, 0.25) is 0 Å². The number of benzene rings is 3. The third-order valence-corrected chi connectivity index (χ3v) is 5.07. The maximum atomic E-state index is 9.88. The van der Waals surface area contributed by atoms with Gasteiger partial charge in [-0.25, -0.2) is 4.68 Å². The van der Waals surface area contributed by atoms with Crippen molar-refractivity contribution in [3.8, 4) is 34.3 Å². The smallest absolute Gasteiger partial charge is 0.174 e. The molecule has 0 radical (unpaired) electrons. The van der Waals surface area contributed by atoms with Crippen molar-refractivity contribution in [1.29, 1.82) is 0 Å². The summed E-state index contributed by atoms with van der Waals surface area (Å²) in [5.74, 6) is 2.31. The predicted octanol–water partition coefficient (Wildman–Crippen LogP) is 4.73. The number of nitrogens with zero attached hydrogens (tertiary/aromatic N) is 4. The Kier molecular flexibility index (Phi) is 4.79. The van der Waals surface area contributed by atoms with Crippen LogP contribution in [-0.2, 0) is 7.05 Å². The van der Waals surface area contributed by atoms with Crippen molar-refractivity contribution < 1.29 is 14.9 Å². The number of aromatic amines is 1. The summed E-state index contributed by atoms with van der Waals surface area (Å²) >= 11 is 0. The summed E-state index contributed by atoms with van der Waals surface area (Å²) in [6.45, 7) is 0. The molecule has 3 N–H and O–H groups in total. The van der Waals surface area contributed by atoms with Crippen molar-refractivity contribution in [2.24, 2.45) is 7.05 Å². The summed E-state index contributed by atoms with van der Waals surface area (Å²) < 4.78 is 7.87. The first kappa shape index (κ1) is 19.4. The molecular formula is C24H19N5O3. The van der Waals surface area contributed by atoms with E-state index in [4.69, 9.17) is 4.74 Å². The zero-order valence-electron chi connectivity index (χ0n) is 17.1. The molecule has 5 rings (SSSR count). The number of tetrazole rings is 1. The zero-order valence-corrected chi connectivity index (χ0v) is 17.1. The maximum absolute atomic E-state index is 9.88. The molecule has 0 saturated heterocycles. The number of hydrogen-bond donors (Lipinski definition) is 3. The molecule has 0 atom stereocenters. The van der Waals surface area contributed by atoms with Gasteiger partial charge in [0.25, 0.3) is 0 Å². The van der Waals surface area contributed by atoms with Crippen LogP contribution in [0.4, 0.5) is 0 Å². The second-order valence-electron chi connectivity index (χ2n) is 7.27. The Morgan fingerprint density at radius 1 is 0.906 bits per heavy atom. The van der Waals surface area contributed by atoms with E-state index in [9.17, 15) is 10.2 Å². The van der Waals surface area contributed by atoms with Crippen molar-refractivity contribution in [3.63, 3.8) is 0 Å². The van der Waals surface area contributed by atoms with Crippen molar-refractivity contribution in [3.05, 3.63) is 78.1 Å². The Bertz CT molecular complexity index is 1420. The van der Waals surface area contributed by atoms with E-state index in [0.29, 0.717) is 17.3 Å². The highest BCUT2D eigenvalue weighted by Gasteiger charge is 2.16. The van der Waals surface area contributed by atoms with E-state index in [1.165, 1.54) is 0 Å². The van der Waals surface area contributed by atoms with Crippen LogP contribution in [0.5, 0.6) is 23.0 Å². The second-order valence-corrected chi connectivity index (χ2v) is 7.27. The number of aromatic hydroxyl groups is 2. The molecule has 8 nitrogen and oxygen atoms in total. The molecule has 0 saturated carbocycles.